The third-order valence-electron chi connectivity index (χ3n) is 5.73. The maximum atomic E-state index is 13.7. The molecule has 1 N–H and O–H groups in total. The zero-order chi connectivity index (χ0) is 26.2. The molecule has 0 radical (unpaired) electrons. The molecule has 4 rings (SSSR count). The van der Waals surface area contributed by atoms with E-state index in [9.17, 15) is 14.4 Å². The quantitative estimate of drug-likeness (QED) is 0.531. The van der Waals surface area contributed by atoms with E-state index in [-0.39, 0.29) is 34.8 Å². The van der Waals surface area contributed by atoms with E-state index in [1.165, 1.54) is 16.9 Å². The van der Waals surface area contributed by atoms with Crippen LogP contribution in [0.15, 0.2) is 54.7 Å². The molecule has 0 bridgehead atoms. The molecule has 0 fully saturated rings. The lowest BCUT2D eigenvalue weighted by molar-refractivity contribution is 0.0167. The summed E-state index contributed by atoms with van der Waals surface area (Å²) in [6.45, 7) is 7.86. The van der Waals surface area contributed by atoms with Crippen LogP contribution in [0.5, 0.6) is 0 Å². The summed E-state index contributed by atoms with van der Waals surface area (Å²) in [5.74, 6) is -1.45. The molecule has 2 amide bonds. The Kier molecular flexibility index (Phi) is 6.77. The van der Waals surface area contributed by atoms with Crippen molar-refractivity contribution < 1.29 is 24.2 Å². The molecule has 0 aliphatic carbocycles. The van der Waals surface area contributed by atoms with E-state index in [2.05, 4.69) is 5.10 Å². The molecular weight excluding hydrogens is 484 g/mol. The van der Waals surface area contributed by atoms with Crippen molar-refractivity contribution in [3.05, 3.63) is 76.6 Å². The first-order chi connectivity index (χ1) is 16.9. The molecule has 0 saturated heterocycles. The summed E-state index contributed by atoms with van der Waals surface area (Å²) in [6, 6.07) is 13.3. The van der Waals surface area contributed by atoms with E-state index in [0.717, 1.165) is 5.56 Å². The Morgan fingerprint density at radius 3 is 2.47 bits per heavy atom. The van der Waals surface area contributed by atoms with Crippen molar-refractivity contribution in [3.8, 4) is 5.69 Å². The van der Waals surface area contributed by atoms with E-state index in [0.29, 0.717) is 17.9 Å². The average Bonchev–Trinajstić information content (AvgIpc) is 3.25. The molecule has 1 atom stereocenters. The number of amides is 2. The number of carbonyl (C=O) groups excluding carboxylic acids is 2. The Bertz CT molecular complexity index is 1330. The fourth-order valence-electron chi connectivity index (χ4n) is 4.01. The molecule has 36 heavy (non-hydrogen) atoms. The van der Waals surface area contributed by atoms with Crippen molar-refractivity contribution in [1.29, 1.82) is 0 Å². The van der Waals surface area contributed by atoms with E-state index in [4.69, 9.17) is 21.4 Å². The number of anilines is 1. The van der Waals surface area contributed by atoms with Crippen molar-refractivity contribution in [1.82, 2.24) is 14.7 Å². The van der Waals surface area contributed by atoms with Crippen LogP contribution in [-0.4, -0.2) is 55.9 Å². The van der Waals surface area contributed by atoms with Crippen LogP contribution in [-0.2, 0) is 11.3 Å². The number of aromatic carboxylic acids is 1. The number of carboxylic acid groups (broad SMARTS) is 1. The number of rotatable bonds is 3. The summed E-state index contributed by atoms with van der Waals surface area (Å²) in [7, 11) is 0. The first-order valence-corrected chi connectivity index (χ1v) is 11.8. The second kappa shape index (κ2) is 9.66. The molecule has 188 valence electrons. The SMILES string of the molecule is CC1CN(C(=O)c2ccc(-n3ccc(C(=O)O)n3)cc2Cl)c2ccccc2CN1C(=O)OC(C)(C)C. The van der Waals surface area contributed by atoms with E-state index in [1.807, 2.05) is 52.0 Å². The van der Waals surface area contributed by atoms with Crippen molar-refractivity contribution >= 4 is 35.3 Å². The lowest BCUT2D eigenvalue weighted by atomic mass is 10.1. The first-order valence-electron chi connectivity index (χ1n) is 11.4. The summed E-state index contributed by atoms with van der Waals surface area (Å²) in [5.41, 5.74) is 1.55. The van der Waals surface area contributed by atoms with Crippen LogP contribution >= 0.6 is 11.6 Å². The molecule has 3 aromatic rings. The summed E-state index contributed by atoms with van der Waals surface area (Å²) >= 11 is 6.53. The van der Waals surface area contributed by atoms with Gasteiger partial charge in [0.15, 0.2) is 5.69 Å². The van der Waals surface area contributed by atoms with Crippen molar-refractivity contribution in [2.24, 2.45) is 0 Å². The molecule has 0 spiro atoms. The fourth-order valence-corrected chi connectivity index (χ4v) is 4.27. The largest absolute Gasteiger partial charge is 0.476 e. The number of hydrogen-bond acceptors (Lipinski definition) is 5. The Balaban J connectivity index is 1.65. The summed E-state index contributed by atoms with van der Waals surface area (Å²) in [6.07, 6.45) is 1.07. The van der Waals surface area contributed by atoms with Gasteiger partial charge >= 0.3 is 12.1 Å². The molecule has 10 heteroatoms. The number of carbonyl (C=O) groups is 3. The van der Waals surface area contributed by atoms with Gasteiger partial charge in [-0.3, -0.25) is 9.69 Å². The zero-order valence-electron chi connectivity index (χ0n) is 20.4. The predicted octanol–water partition coefficient (Wildman–Crippen LogP) is 5.01. The Morgan fingerprint density at radius 2 is 1.83 bits per heavy atom. The number of carboxylic acids is 1. The maximum absolute atomic E-state index is 13.7. The highest BCUT2D eigenvalue weighted by molar-refractivity contribution is 6.34. The summed E-state index contributed by atoms with van der Waals surface area (Å²) < 4.78 is 6.99. The summed E-state index contributed by atoms with van der Waals surface area (Å²) in [5, 5.41) is 13.3. The average molecular weight is 511 g/mol. The van der Waals surface area contributed by atoms with Crippen LogP contribution in [0.25, 0.3) is 5.69 Å². The Hall–Kier alpha value is -3.85. The van der Waals surface area contributed by atoms with Crippen molar-refractivity contribution in [3.63, 3.8) is 0 Å². The van der Waals surface area contributed by atoms with Gasteiger partial charge in [0, 0.05) is 18.4 Å². The van der Waals surface area contributed by atoms with Gasteiger partial charge in [0.25, 0.3) is 5.91 Å². The monoisotopic (exact) mass is 510 g/mol. The van der Waals surface area contributed by atoms with E-state index in [1.54, 1.807) is 28.0 Å². The number of aromatic nitrogens is 2. The Morgan fingerprint density at radius 1 is 1.11 bits per heavy atom. The Labute approximate surface area is 213 Å². The minimum atomic E-state index is -1.14. The first kappa shape index (κ1) is 25.2. The second-order valence-corrected chi connectivity index (χ2v) is 10.0. The van der Waals surface area contributed by atoms with Gasteiger partial charge in [0.05, 0.1) is 28.9 Å². The molecule has 2 heterocycles. The number of benzene rings is 2. The topological polar surface area (TPSA) is 105 Å². The van der Waals surface area contributed by atoms with E-state index >= 15 is 0 Å². The molecule has 1 aromatic heterocycles. The van der Waals surface area contributed by atoms with Crippen LogP contribution < -0.4 is 4.90 Å². The lowest BCUT2D eigenvalue weighted by Gasteiger charge is -2.31. The van der Waals surface area contributed by atoms with Crippen LogP contribution in [0.4, 0.5) is 10.5 Å². The fraction of sp³-hybridized carbons (Fsp3) is 0.308. The molecule has 2 aromatic carbocycles. The van der Waals surface area contributed by atoms with Gasteiger partial charge in [0.1, 0.15) is 5.60 Å². The van der Waals surface area contributed by atoms with Gasteiger partial charge in [-0.15, -0.1) is 0 Å². The predicted molar refractivity (Wildman–Crippen MR) is 135 cm³/mol. The normalized spacial score (nSPS) is 15.8. The van der Waals surface area contributed by atoms with Crippen molar-refractivity contribution in [2.75, 3.05) is 11.4 Å². The third kappa shape index (κ3) is 5.21. The second-order valence-electron chi connectivity index (χ2n) is 9.62. The van der Waals surface area contributed by atoms with Gasteiger partial charge in [-0.1, -0.05) is 29.8 Å². The number of fused-ring (bicyclic) bond motifs is 1. The highest BCUT2D eigenvalue weighted by Crippen LogP contribution is 2.31. The van der Waals surface area contributed by atoms with Crippen LogP contribution in [0.1, 0.15) is 54.1 Å². The zero-order valence-corrected chi connectivity index (χ0v) is 21.2. The molecular formula is C26H27ClN4O5. The van der Waals surface area contributed by atoms with Gasteiger partial charge in [-0.2, -0.15) is 5.10 Å². The van der Waals surface area contributed by atoms with Crippen LogP contribution in [0.3, 0.4) is 0 Å². The molecule has 1 aliphatic rings. The standard InChI is InChI=1S/C26H27ClN4O5/c1-16-14-30(22-8-6-5-7-17(22)15-29(16)25(35)36-26(2,3)4)23(32)19-10-9-18(13-20(19)27)31-12-11-21(28-31)24(33)34/h5-13,16H,14-15H2,1-4H3,(H,33,34). The molecule has 0 saturated carbocycles. The van der Waals surface area contributed by atoms with Gasteiger partial charge in [-0.25, -0.2) is 14.3 Å². The third-order valence-corrected chi connectivity index (χ3v) is 6.04. The number of para-hydroxylation sites is 1. The highest BCUT2D eigenvalue weighted by atomic mass is 35.5. The number of nitrogens with zero attached hydrogens (tertiary/aromatic N) is 4. The minimum absolute atomic E-state index is 0.101. The highest BCUT2D eigenvalue weighted by Gasteiger charge is 2.34. The molecule has 9 nitrogen and oxygen atoms in total. The lowest BCUT2D eigenvalue weighted by Crippen LogP contribution is -2.46. The molecule has 1 aliphatic heterocycles. The van der Waals surface area contributed by atoms with Crippen LogP contribution in [0.2, 0.25) is 5.02 Å². The van der Waals surface area contributed by atoms with Gasteiger partial charge in [-0.05, 0) is 63.6 Å². The molecule has 1 unspecified atom stereocenters. The summed E-state index contributed by atoms with van der Waals surface area (Å²) in [4.78, 5) is 41.1. The number of hydrogen-bond donors (Lipinski definition) is 1. The van der Waals surface area contributed by atoms with Crippen LogP contribution in [0, 0.1) is 0 Å². The van der Waals surface area contributed by atoms with Gasteiger partial charge in [0.2, 0.25) is 0 Å². The minimum Gasteiger partial charge on any atom is -0.476 e. The smallest absolute Gasteiger partial charge is 0.410 e. The van der Waals surface area contributed by atoms with E-state index < -0.39 is 17.7 Å². The number of ether oxygens (including phenoxy) is 1. The maximum Gasteiger partial charge on any atom is 0.410 e. The number of halogens is 1. The van der Waals surface area contributed by atoms with Crippen molar-refractivity contribution in [2.45, 2.75) is 45.9 Å². The van der Waals surface area contributed by atoms with Gasteiger partial charge < -0.3 is 14.7 Å².